The maximum Gasteiger partial charge on any atom is 0.541 e. The fourth-order valence-corrected chi connectivity index (χ4v) is 4.24. The minimum atomic E-state index is -3.84. The topological polar surface area (TPSA) is 64.6 Å². The minimum Gasteiger partial charge on any atom is -0.400 e. The van der Waals surface area contributed by atoms with Crippen LogP contribution in [0.2, 0.25) is 0 Å². The van der Waals surface area contributed by atoms with Gasteiger partial charge in [0.2, 0.25) is 0 Å². The molecule has 0 spiro atoms. The smallest absolute Gasteiger partial charge is 0.400 e. The Morgan fingerprint density at radius 1 is 0.821 bits per heavy atom. The Kier molecular flexibility index (Phi) is 6.94. The molecule has 3 rings (SSSR count). The largest absolute Gasteiger partial charge is 0.541 e. The normalized spacial score (nSPS) is 11.1. The van der Waals surface area contributed by atoms with Gasteiger partial charge in [0, 0.05) is 11.3 Å². The number of hydrogen-bond acceptors (Lipinski definition) is 4. The molecule has 0 aliphatic carbocycles. The van der Waals surface area contributed by atoms with E-state index >= 15 is 0 Å². The molecular weight excluding hydrogens is 509 g/mol. The number of alkyl halides is 2. The highest BCUT2D eigenvalue weighted by Crippen LogP contribution is 2.48. The summed E-state index contributed by atoms with van der Waals surface area (Å²) in [6.07, 6.45) is 0. The molecule has 3 aromatic carbocycles. The van der Waals surface area contributed by atoms with Crippen LogP contribution in [0.15, 0.2) is 84.9 Å². The van der Waals surface area contributed by atoms with Crippen LogP contribution in [0.4, 0.5) is 5.69 Å². The first-order chi connectivity index (χ1) is 13.5. The summed E-state index contributed by atoms with van der Waals surface area (Å²) in [5, 5.41) is 2.81. The molecule has 0 unspecified atom stereocenters. The van der Waals surface area contributed by atoms with Crippen LogP contribution in [0.25, 0.3) is 0 Å². The van der Waals surface area contributed by atoms with Gasteiger partial charge >= 0.3 is 7.75 Å². The van der Waals surface area contributed by atoms with Crippen LogP contribution in [0.5, 0.6) is 11.5 Å². The molecule has 1 N–H and O–H groups in total. The molecule has 0 fully saturated rings. The number of nitrogens with one attached hydrogen (secondary N) is 1. The summed E-state index contributed by atoms with van der Waals surface area (Å²) in [6, 6.07) is 24.1. The van der Waals surface area contributed by atoms with Gasteiger partial charge in [-0.15, -0.1) is 0 Å². The van der Waals surface area contributed by atoms with Crippen molar-refractivity contribution in [1.82, 2.24) is 0 Å². The molecule has 0 atom stereocenters. The lowest BCUT2D eigenvalue weighted by Crippen LogP contribution is -2.11. The average molecular weight is 525 g/mol. The van der Waals surface area contributed by atoms with Crippen molar-refractivity contribution in [3.63, 3.8) is 0 Å². The quantitative estimate of drug-likeness (QED) is 0.203. The average Bonchev–Trinajstić information content (AvgIpc) is 2.68. The van der Waals surface area contributed by atoms with Crippen LogP contribution in [0, 0.1) is 0 Å². The van der Waals surface area contributed by atoms with Gasteiger partial charge in [0.25, 0.3) is 0 Å². The molecule has 0 saturated heterocycles. The second kappa shape index (κ2) is 9.41. The number of carbonyl (C=O) groups is 1. The Hall–Kier alpha value is -2.08. The first-order valence-corrected chi connectivity index (χ1v) is 11.6. The van der Waals surface area contributed by atoms with Crippen molar-refractivity contribution < 1.29 is 18.4 Å². The van der Waals surface area contributed by atoms with Crippen LogP contribution < -0.4 is 14.1 Å². The molecule has 0 heterocycles. The van der Waals surface area contributed by atoms with Gasteiger partial charge < -0.3 is 9.05 Å². The number of hydrogen-bond donors (Lipinski definition) is 1. The van der Waals surface area contributed by atoms with Crippen molar-refractivity contribution in [3.8, 4) is 11.5 Å². The van der Waals surface area contributed by atoms with E-state index in [9.17, 15) is 9.36 Å². The fraction of sp³-hybridized carbons (Fsp3) is 0.0500. The van der Waals surface area contributed by atoms with Crippen molar-refractivity contribution in [1.29, 1.82) is 0 Å². The number of para-hydroxylation sites is 2. The second-order valence-electron chi connectivity index (χ2n) is 5.66. The second-order valence-corrected chi connectivity index (χ2v) is 10.3. The van der Waals surface area contributed by atoms with E-state index in [0.29, 0.717) is 22.7 Å². The van der Waals surface area contributed by atoms with E-state index in [1.165, 1.54) is 0 Å². The molecule has 8 heteroatoms. The van der Waals surface area contributed by atoms with Crippen molar-refractivity contribution in [2.75, 3.05) is 5.09 Å². The number of halogens is 2. The number of benzene rings is 3. The number of Topliss-reactive ketones (excluding diaryl/α,β-unsaturated/α-hetero) is 1. The molecule has 0 bridgehead atoms. The monoisotopic (exact) mass is 523 g/mol. The lowest BCUT2D eigenvalue weighted by molar-refractivity contribution is 0.101. The van der Waals surface area contributed by atoms with Crippen LogP contribution in [-0.2, 0) is 4.57 Å². The zero-order valence-corrected chi connectivity index (χ0v) is 18.6. The van der Waals surface area contributed by atoms with Gasteiger partial charge in [0.1, 0.15) is 15.2 Å². The highest BCUT2D eigenvalue weighted by Gasteiger charge is 2.29. The number of carbonyl (C=O) groups excluding carboxylic acids is 1. The molecular formula is C20H16Br2NO4P. The standard InChI is InChI=1S/C20H16Br2NO4P/c21-20(22)19(24)15-8-7-9-16(14-15)23-28(25,26-17-10-3-1-4-11-17)27-18-12-5-2-6-13-18/h1-14,20H,(H,23,25). The van der Waals surface area contributed by atoms with Gasteiger partial charge in [-0.25, -0.2) is 4.57 Å². The van der Waals surface area contributed by atoms with Crippen LogP contribution in [0.3, 0.4) is 0 Å². The maximum absolute atomic E-state index is 13.5. The zero-order chi connectivity index (χ0) is 20.0. The van der Waals surface area contributed by atoms with Gasteiger partial charge in [0.05, 0.1) is 0 Å². The number of ketones is 1. The first kappa shape index (κ1) is 20.6. The SMILES string of the molecule is O=C(c1cccc(NP(=O)(Oc2ccccc2)Oc2ccccc2)c1)C(Br)Br. The summed E-state index contributed by atoms with van der Waals surface area (Å²) in [7, 11) is -3.84. The van der Waals surface area contributed by atoms with Crippen molar-refractivity contribution in [3.05, 3.63) is 90.5 Å². The van der Waals surface area contributed by atoms with E-state index in [1.807, 2.05) is 12.1 Å². The summed E-state index contributed by atoms with van der Waals surface area (Å²) < 4.78 is 24.3. The van der Waals surface area contributed by atoms with E-state index in [0.717, 1.165) is 0 Å². The molecule has 0 aliphatic rings. The van der Waals surface area contributed by atoms with E-state index in [-0.39, 0.29) is 5.78 Å². The lowest BCUT2D eigenvalue weighted by Gasteiger charge is -2.21. The predicted molar refractivity (Wildman–Crippen MR) is 118 cm³/mol. The molecule has 28 heavy (non-hydrogen) atoms. The Balaban J connectivity index is 1.90. The molecule has 0 amide bonds. The summed E-state index contributed by atoms with van der Waals surface area (Å²) in [4.78, 5) is 12.2. The summed E-state index contributed by atoms with van der Waals surface area (Å²) in [5.74, 6) is 0.622. The predicted octanol–water partition coefficient (Wildman–Crippen LogP) is 6.66. The van der Waals surface area contributed by atoms with Crippen LogP contribution in [-0.4, -0.2) is 9.52 Å². The molecule has 0 saturated carbocycles. The molecule has 0 aromatic heterocycles. The Bertz CT molecular complexity index is 938. The molecule has 0 radical (unpaired) electrons. The Morgan fingerprint density at radius 2 is 1.36 bits per heavy atom. The fourth-order valence-electron chi connectivity index (χ4n) is 2.33. The van der Waals surface area contributed by atoms with Crippen molar-refractivity contribution >= 4 is 51.1 Å². The summed E-state index contributed by atoms with van der Waals surface area (Å²) in [5.41, 5.74) is 0.872. The molecule has 5 nitrogen and oxygen atoms in total. The number of rotatable bonds is 8. The van der Waals surface area contributed by atoms with Gasteiger partial charge in [-0.05, 0) is 36.4 Å². The van der Waals surface area contributed by atoms with Gasteiger partial charge in [0.15, 0.2) is 5.78 Å². The van der Waals surface area contributed by atoms with E-state index < -0.39 is 11.5 Å². The lowest BCUT2D eigenvalue weighted by atomic mass is 10.1. The van der Waals surface area contributed by atoms with Crippen molar-refractivity contribution in [2.45, 2.75) is 3.74 Å². The van der Waals surface area contributed by atoms with Crippen LogP contribution in [0.1, 0.15) is 10.4 Å². The third-order valence-corrected chi connectivity index (χ3v) is 5.81. The maximum atomic E-state index is 13.5. The van der Waals surface area contributed by atoms with Crippen molar-refractivity contribution in [2.24, 2.45) is 0 Å². The third-order valence-electron chi connectivity index (χ3n) is 3.55. The van der Waals surface area contributed by atoms with Gasteiger partial charge in [-0.2, -0.15) is 0 Å². The Labute approximate surface area is 179 Å². The third kappa shape index (κ3) is 5.71. The highest BCUT2D eigenvalue weighted by atomic mass is 79.9. The molecule has 0 aliphatic heterocycles. The Morgan fingerprint density at radius 3 is 1.86 bits per heavy atom. The van der Waals surface area contributed by atoms with Crippen LogP contribution >= 0.6 is 39.6 Å². The van der Waals surface area contributed by atoms with E-state index in [1.54, 1.807) is 72.8 Å². The van der Waals surface area contributed by atoms with Gasteiger partial charge in [-0.1, -0.05) is 80.4 Å². The minimum absolute atomic E-state index is 0.161. The molecule has 144 valence electrons. The summed E-state index contributed by atoms with van der Waals surface area (Å²) in [6.45, 7) is 0. The zero-order valence-electron chi connectivity index (χ0n) is 14.5. The highest BCUT2D eigenvalue weighted by molar-refractivity contribution is 9.25. The van der Waals surface area contributed by atoms with Gasteiger partial charge in [-0.3, -0.25) is 9.88 Å². The number of anilines is 1. The summed E-state index contributed by atoms with van der Waals surface area (Å²) >= 11 is 6.39. The van der Waals surface area contributed by atoms with E-state index in [2.05, 4.69) is 36.9 Å². The first-order valence-electron chi connectivity index (χ1n) is 8.25. The van der Waals surface area contributed by atoms with E-state index in [4.69, 9.17) is 9.05 Å². The molecule has 3 aromatic rings.